The van der Waals surface area contributed by atoms with Crippen LogP contribution in [0.3, 0.4) is 0 Å². The van der Waals surface area contributed by atoms with E-state index in [2.05, 4.69) is 29.7 Å². The SMILES string of the molecule is Cc1nc(OC(F)F)cc([C@H](C)C(=O)N2CC[C@]3(CCc4cc(-c5ncccn5)c(C)nc4N)CC23)n1. The molecule has 9 nitrogen and oxygen atoms in total. The predicted octanol–water partition coefficient (Wildman–Crippen LogP) is 3.86. The first-order valence-corrected chi connectivity index (χ1v) is 12.3. The second-order valence-corrected chi connectivity index (χ2v) is 9.88. The van der Waals surface area contributed by atoms with E-state index in [0.29, 0.717) is 23.9 Å². The summed E-state index contributed by atoms with van der Waals surface area (Å²) in [5.41, 5.74) is 9.29. The summed E-state index contributed by atoms with van der Waals surface area (Å²) < 4.78 is 29.8. The molecule has 1 saturated heterocycles. The highest BCUT2D eigenvalue weighted by Gasteiger charge is 2.61. The van der Waals surface area contributed by atoms with Crippen molar-refractivity contribution in [1.82, 2.24) is 29.8 Å². The number of nitrogens with zero attached hydrogens (tertiary/aromatic N) is 6. The minimum atomic E-state index is -2.99. The van der Waals surface area contributed by atoms with E-state index < -0.39 is 12.5 Å². The number of nitrogen functional groups attached to an aromatic ring is 1. The maximum Gasteiger partial charge on any atom is 0.388 e. The predicted molar refractivity (Wildman–Crippen MR) is 132 cm³/mol. The lowest BCUT2D eigenvalue weighted by molar-refractivity contribution is -0.132. The molecule has 3 aromatic heterocycles. The number of ether oxygens (including phenoxy) is 1. The summed E-state index contributed by atoms with van der Waals surface area (Å²) in [5.74, 6) is 0.508. The van der Waals surface area contributed by atoms with Crippen molar-refractivity contribution in [3.8, 4) is 17.3 Å². The summed E-state index contributed by atoms with van der Waals surface area (Å²) in [4.78, 5) is 36.7. The van der Waals surface area contributed by atoms with Crippen LogP contribution in [0.1, 0.15) is 54.9 Å². The van der Waals surface area contributed by atoms with E-state index in [1.807, 2.05) is 17.9 Å². The Labute approximate surface area is 213 Å². The summed E-state index contributed by atoms with van der Waals surface area (Å²) in [6, 6.07) is 5.27. The van der Waals surface area contributed by atoms with Crippen LogP contribution in [0.5, 0.6) is 5.88 Å². The number of carbonyl (C=O) groups excluding carboxylic acids is 1. The quantitative estimate of drug-likeness (QED) is 0.486. The van der Waals surface area contributed by atoms with Crippen LogP contribution < -0.4 is 10.5 Å². The van der Waals surface area contributed by atoms with Gasteiger partial charge in [-0.3, -0.25) is 4.79 Å². The van der Waals surface area contributed by atoms with Gasteiger partial charge in [0.2, 0.25) is 11.8 Å². The summed E-state index contributed by atoms with van der Waals surface area (Å²) in [7, 11) is 0. The van der Waals surface area contributed by atoms with Gasteiger partial charge in [0.15, 0.2) is 5.82 Å². The summed E-state index contributed by atoms with van der Waals surface area (Å²) in [6.07, 6.45) is 6.87. The number of piperidine rings is 1. The Morgan fingerprint density at radius 2 is 1.97 bits per heavy atom. The second kappa shape index (κ2) is 9.60. The van der Waals surface area contributed by atoms with Crippen LogP contribution in [0.25, 0.3) is 11.4 Å². The fourth-order valence-corrected chi connectivity index (χ4v) is 5.42. The Hall–Kier alpha value is -3.76. The van der Waals surface area contributed by atoms with Gasteiger partial charge < -0.3 is 15.4 Å². The van der Waals surface area contributed by atoms with Gasteiger partial charge in [0.05, 0.1) is 17.3 Å². The number of fused-ring (bicyclic) bond motifs is 1. The van der Waals surface area contributed by atoms with E-state index in [1.54, 1.807) is 32.3 Å². The maximum absolute atomic E-state index is 13.4. The smallest absolute Gasteiger partial charge is 0.388 e. The molecule has 1 aliphatic carbocycles. The average molecular weight is 510 g/mol. The highest BCUT2D eigenvalue weighted by molar-refractivity contribution is 5.84. The molecule has 3 atom stereocenters. The third-order valence-corrected chi connectivity index (χ3v) is 7.54. The molecular weight excluding hydrogens is 480 g/mol. The first kappa shape index (κ1) is 24.9. The van der Waals surface area contributed by atoms with Gasteiger partial charge >= 0.3 is 6.61 Å². The molecular formula is C26H29F2N7O2. The Bertz CT molecular complexity index is 1320. The number of carbonyl (C=O) groups is 1. The van der Waals surface area contributed by atoms with Crippen molar-refractivity contribution >= 4 is 11.7 Å². The Balaban J connectivity index is 1.26. The number of pyridine rings is 1. The molecule has 0 radical (unpaired) electrons. The van der Waals surface area contributed by atoms with Gasteiger partial charge in [0.1, 0.15) is 11.6 Å². The lowest BCUT2D eigenvalue weighted by Gasteiger charge is -2.22. The minimum absolute atomic E-state index is 0.0572. The molecule has 0 bridgehead atoms. The monoisotopic (exact) mass is 509 g/mol. The third kappa shape index (κ3) is 4.94. The van der Waals surface area contributed by atoms with Crippen molar-refractivity contribution in [3.05, 3.63) is 53.4 Å². The van der Waals surface area contributed by atoms with Crippen LogP contribution in [0.4, 0.5) is 14.6 Å². The van der Waals surface area contributed by atoms with E-state index in [-0.39, 0.29) is 29.1 Å². The Morgan fingerprint density at radius 3 is 2.68 bits per heavy atom. The molecule has 2 fully saturated rings. The third-order valence-electron chi connectivity index (χ3n) is 7.54. The van der Waals surface area contributed by atoms with Crippen molar-refractivity contribution in [3.63, 3.8) is 0 Å². The fourth-order valence-electron chi connectivity index (χ4n) is 5.42. The van der Waals surface area contributed by atoms with Gasteiger partial charge in [0.25, 0.3) is 0 Å². The van der Waals surface area contributed by atoms with E-state index in [9.17, 15) is 13.6 Å². The molecule has 3 aromatic rings. The molecule has 194 valence electrons. The summed E-state index contributed by atoms with van der Waals surface area (Å²) in [6.45, 7) is 2.88. The van der Waals surface area contributed by atoms with Crippen molar-refractivity contribution < 1.29 is 18.3 Å². The molecule has 1 amide bonds. The molecule has 1 saturated carbocycles. The normalized spacial score (nSPS) is 21.1. The number of halogens is 2. The topological polar surface area (TPSA) is 120 Å². The largest absolute Gasteiger partial charge is 0.417 e. The van der Waals surface area contributed by atoms with Crippen molar-refractivity contribution in [2.24, 2.45) is 5.41 Å². The molecule has 0 spiro atoms. The molecule has 37 heavy (non-hydrogen) atoms. The van der Waals surface area contributed by atoms with E-state index in [1.165, 1.54) is 6.07 Å². The van der Waals surface area contributed by atoms with Crippen LogP contribution in [0, 0.1) is 19.3 Å². The molecule has 5 rings (SSSR count). The van der Waals surface area contributed by atoms with Crippen LogP contribution in [0.15, 0.2) is 30.6 Å². The molecule has 11 heteroatoms. The molecule has 4 heterocycles. The van der Waals surface area contributed by atoms with Gasteiger partial charge in [-0.05, 0) is 69.6 Å². The lowest BCUT2D eigenvalue weighted by Crippen LogP contribution is -2.34. The number of anilines is 1. The summed E-state index contributed by atoms with van der Waals surface area (Å²) >= 11 is 0. The van der Waals surface area contributed by atoms with Gasteiger partial charge in [-0.25, -0.2) is 19.9 Å². The zero-order chi connectivity index (χ0) is 26.3. The lowest BCUT2D eigenvalue weighted by atomic mass is 9.94. The zero-order valence-corrected chi connectivity index (χ0v) is 21.0. The van der Waals surface area contributed by atoms with Crippen LogP contribution in [-0.2, 0) is 11.2 Å². The number of nitrogens with two attached hydrogens (primary N) is 1. The minimum Gasteiger partial charge on any atom is -0.417 e. The standard InChI is InChI=1S/C26H29F2N7O2/c1-14(19-12-21(37-25(27)28)34-16(3)33-19)24(36)35-10-7-26(13-20(26)35)6-5-17-11-18(15(2)32-22(17)29)23-30-8-4-9-31-23/h4,8-9,11-12,14,20,25H,5-7,10,13H2,1-3H3,(H2,29,32)/t14-,20?,26+/m0/s1. The maximum atomic E-state index is 13.4. The number of aromatic nitrogens is 5. The van der Waals surface area contributed by atoms with Crippen molar-refractivity contribution in [2.75, 3.05) is 12.3 Å². The molecule has 2 aliphatic rings. The number of likely N-dealkylation sites (tertiary alicyclic amines) is 1. The number of amides is 1. The number of alkyl halides is 2. The fraction of sp³-hybridized carbons (Fsp3) is 0.462. The number of hydrogen-bond donors (Lipinski definition) is 1. The number of aryl methyl sites for hydroxylation is 3. The van der Waals surface area contributed by atoms with Gasteiger partial charge in [-0.2, -0.15) is 13.8 Å². The molecule has 1 aliphatic heterocycles. The zero-order valence-electron chi connectivity index (χ0n) is 21.0. The van der Waals surface area contributed by atoms with E-state index in [0.717, 1.165) is 42.5 Å². The highest BCUT2D eigenvalue weighted by atomic mass is 19.3. The number of rotatable bonds is 8. The van der Waals surface area contributed by atoms with E-state index >= 15 is 0 Å². The number of hydrogen-bond acceptors (Lipinski definition) is 8. The first-order chi connectivity index (χ1) is 17.7. The van der Waals surface area contributed by atoms with Crippen LogP contribution >= 0.6 is 0 Å². The Kier molecular flexibility index (Phi) is 6.47. The van der Waals surface area contributed by atoms with Crippen molar-refractivity contribution in [1.29, 1.82) is 0 Å². The highest BCUT2D eigenvalue weighted by Crippen LogP contribution is 2.60. The summed E-state index contributed by atoms with van der Waals surface area (Å²) in [5, 5.41) is 0. The average Bonchev–Trinajstić information content (AvgIpc) is 3.45. The van der Waals surface area contributed by atoms with Crippen LogP contribution in [-0.4, -0.2) is 54.9 Å². The first-order valence-electron chi connectivity index (χ1n) is 12.3. The Morgan fingerprint density at radius 1 is 1.22 bits per heavy atom. The molecule has 1 unspecified atom stereocenters. The van der Waals surface area contributed by atoms with Gasteiger partial charge in [-0.15, -0.1) is 0 Å². The van der Waals surface area contributed by atoms with E-state index in [4.69, 9.17) is 5.73 Å². The second-order valence-electron chi connectivity index (χ2n) is 9.88. The molecule has 2 N–H and O–H groups in total. The van der Waals surface area contributed by atoms with Crippen molar-refractivity contribution in [2.45, 2.75) is 65.0 Å². The van der Waals surface area contributed by atoms with Gasteiger partial charge in [0, 0.05) is 36.6 Å². The van der Waals surface area contributed by atoms with Gasteiger partial charge in [-0.1, -0.05) is 0 Å². The van der Waals surface area contributed by atoms with Crippen LogP contribution in [0.2, 0.25) is 0 Å². The molecule has 0 aromatic carbocycles.